The number of hydrogen-bond acceptors (Lipinski definition) is 8. The molecule has 1 amide bonds. The topological polar surface area (TPSA) is 167 Å². The second kappa shape index (κ2) is 17.2. The maximum atomic E-state index is 10.8. The third-order valence-corrected chi connectivity index (χ3v) is 2.62. The molecule has 9 nitrogen and oxygen atoms in total. The van der Waals surface area contributed by atoms with Gasteiger partial charge in [-0.15, -0.1) is 0 Å². The minimum atomic E-state index is -4.33. The molecule has 0 aliphatic heterocycles. The summed E-state index contributed by atoms with van der Waals surface area (Å²) in [5, 5.41) is 21.2. The van der Waals surface area contributed by atoms with Gasteiger partial charge in [0.2, 0.25) is 5.91 Å². The quantitative estimate of drug-likeness (QED) is 0.265. The van der Waals surface area contributed by atoms with E-state index in [2.05, 4.69) is 11.9 Å². The van der Waals surface area contributed by atoms with Crippen molar-refractivity contribution in [2.24, 2.45) is 0 Å². The fourth-order valence-electron chi connectivity index (χ4n) is 0.999. The summed E-state index contributed by atoms with van der Waals surface area (Å²) in [5.41, 5.74) is -1.06. The van der Waals surface area contributed by atoms with Crippen molar-refractivity contribution in [3.63, 3.8) is 0 Å². The van der Waals surface area contributed by atoms with Gasteiger partial charge in [-0.05, 0) is 32.1 Å². The first-order valence-electron chi connectivity index (χ1n) is 5.27. The van der Waals surface area contributed by atoms with Crippen molar-refractivity contribution < 1.29 is 126 Å². The van der Waals surface area contributed by atoms with Crippen LogP contribution in [0, 0.1) is 0 Å². The number of carboxylic acid groups (broad SMARTS) is 2. The normalized spacial score (nSPS) is 9.79. The molecule has 0 rings (SSSR count). The van der Waals surface area contributed by atoms with Crippen LogP contribution in [0.2, 0.25) is 0 Å². The number of rotatable bonds is 6. The first-order valence-corrected chi connectivity index (χ1v) is 6.85. The van der Waals surface area contributed by atoms with E-state index in [4.69, 9.17) is 0 Å². The Morgan fingerprint density at radius 1 is 1.04 bits per heavy atom. The molecule has 24 heavy (non-hydrogen) atoms. The average molecular weight is 389 g/mol. The Hall–Kier alpha value is 0.800. The van der Waals surface area contributed by atoms with E-state index in [1.165, 1.54) is 13.8 Å². The number of aliphatic carboxylic acids is 2. The van der Waals surface area contributed by atoms with Crippen LogP contribution in [0.25, 0.3) is 0 Å². The maximum absolute atomic E-state index is 10.8. The van der Waals surface area contributed by atoms with Crippen LogP contribution in [0.15, 0.2) is 24.8 Å². The molecule has 0 bridgehead atoms. The first-order chi connectivity index (χ1) is 9.29. The third kappa shape index (κ3) is 30.7. The van der Waals surface area contributed by atoms with E-state index in [1.54, 1.807) is 0 Å². The van der Waals surface area contributed by atoms with Gasteiger partial charge in [0, 0.05) is 5.54 Å². The van der Waals surface area contributed by atoms with Gasteiger partial charge in [-0.25, -0.2) is 8.42 Å². The summed E-state index contributed by atoms with van der Waals surface area (Å²) in [7, 11) is -4.33. The van der Waals surface area contributed by atoms with Crippen LogP contribution in [0.3, 0.4) is 0 Å². The summed E-state index contributed by atoms with van der Waals surface area (Å²) in [6.45, 7) is 6.10. The van der Waals surface area contributed by atoms with Gasteiger partial charge in [-0.1, -0.05) is 6.58 Å². The molecule has 120 valence electrons. The molecule has 0 unspecified atom stereocenters. The largest absolute Gasteiger partial charge is 1.00 e. The van der Waals surface area contributed by atoms with E-state index in [0.717, 1.165) is 6.08 Å². The number of hydrogen-bond donors (Lipinski definition) is 1. The van der Waals surface area contributed by atoms with Crippen molar-refractivity contribution in [3.05, 3.63) is 24.8 Å². The molecule has 0 aromatic rings. The molecular formula is C11H14NNa3O8S. The predicted octanol–water partition coefficient (Wildman–Crippen LogP) is -12.3. The molecule has 0 saturated heterocycles. The van der Waals surface area contributed by atoms with Crippen LogP contribution in [0.1, 0.15) is 13.8 Å². The van der Waals surface area contributed by atoms with Crippen LogP contribution in [0.4, 0.5) is 0 Å². The molecule has 1 N–H and O–H groups in total. The summed E-state index contributed by atoms with van der Waals surface area (Å²) in [5.74, 6) is -4.24. The molecule has 0 spiro atoms. The smallest absolute Gasteiger partial charge is 0.748 e. The van der Waals surface area contributed by atoms with E-state index < -0.39 is 39.3 Å². The van der Waals surface area contributed by atoms with Crippen LogP contribution >= 0.6 is 0 Å². The number of carboxylic acids is 2. The van der Waals surface area contributed by atoms with Gasteiger partial charge in [0.25, 0.3) is 0 Å². The molecule has 0 fully saturated rings. The van der Waals surface area contributed by atoms with Crippen LogP contribution in [-0.4, -0.2) is 42.1 Å². The summed E-state index contributed by atoms with van der Waals surface area (Å²) in [6.07, 6.45) is 1.78. The fraction of sp³-hybridized carbons (Fsp3) is 0.364. The van der Waals surface area contributed by atoms with Crippen molar-refractivity contribution >= 4 is 28.0 Å². The molecule has 0 aliphatic carbocycles. The van der Waals surface area contributed by atoms with Crippen LogP contribution in [-0.2, 0) is 24.5 Å². The Kier molecular flexibility index (Phi) is 25.7. The Morgan fingerprint density at radius 2 is 1.38 bits per heavy atom. The standard InChI is InChI=1S/C7H13NO4S.C4H4O4.3Na/c1-4-6(9)8-7(2,3)5-13(10,11)12;5-3(6)1-2-4(7)8;;;/h4H,1,5H2,2-3H3,(H,8,9)(H,10,11,12);1-2H,(H,5,6)(H,7,8);;;/q;;3*+1/p-3/b;2-1-;;;. The maximum Gasteiger partial charge on any atom is 1.00 e. The SMILES string of the molecule is C=CC(=O)NC(C)(C)CS(=O)(=O)[O-].O=C([O-])/C=C\C(=O)[O-].[Na+].[Na+].[Na+]. The van der Waals surface area contributed by atoms with Crippen molar-refractivity contribution in [2.75, 3.05) is 5.75 Å². The second-order valence-corrected chi connectivity index (χ2v) is 5.65. The Bertz CT molecular complexity index is 529. The molecule has 0 aliphatic rings. The van der Waals surface area contributed by atoms with E-state index in [-0.39, 0.29) is 88.7 Å². The van der Waals surface area contributed by atoms with Gasteiger partial charge in [0.15, 0.2) is 0 Å². The summed E-state index contributed by atoms with van der Waals surface area (Å²) >= 11 is 0. The molecule has 0 saturated carbocycles. The van der Waals surface area contributed by atoms with Crippen molar-refractivity contribution in [1.82, 2.24) is 5.32 Å². The Morgan fingerprint density at radius 3 is 1.58 bits per heavy atom. The number of amides is 1. The first kappa shape index (κ1) is 35.8. The van der Waals surface area contributed by atoms with E-state index >= 15 is 0 Å². The molecule has 13 heteroatoms. The average Bonchev–Trinajstić information content (AvgIpc) is 2.22. The Balaban J connectivity index is -0.0000000968. The summed E-state index contributed by atoms with van der Waals surface area (Å²) < 4.78 is 31.2. The van der Waals surface area contributed by atoms with Crippen molar-refractivity contribution in [1.29, 1.82) is 0 Å². The monoisotopic (exact) mass is 389 g/mol. The Labute approximate surface area is 207 Å². The van der Waals surface area contributed by atoms with Crippen LogP contribution < -0.4 is 104 Å². The van der Waals surface area contributed by atoms with Gasteiger partial charge in [-0.2, -0.15) is 0 Å². The summed E-state index contributed by atoms with van der Waals surface area (Å²) in [4.78, 5) is 29.6. The van der Waals surface area contributed by atoms with Crippen molar-refractivity contribution in [3.8, 4) is 0 Å². The predicted molar refractivity (Wildman–Crippen MR) is 66.1 cm³/mol. The molecule has 0 aromatic heterocycles. The fourth-order valence-corrected chi connectivity index (χ4v) is 1.95. The van der Waals surface area contributed by atoms with Gasteiger partial charge in [-0.3, -0.25) is 4.79 Å². The zero-order valence-electron chi connectivity index (χ0n) is 14.3. The summed E-state index contributed by atoms with van der Waals surface area (Å²) in [6, 6.07) is 0. The van der Waals surface area contributed by atoms with Crippen molar-refractivity contribution in [2.45, 2.75) is 19.4 Å². The van der Waals surface area contributed by atoms with E-state index in [1.807, 2.05) is 0 Å². The zero-order valence-corrected chi connectivity index (χ0v) is 21.1. The number of carbonyl (C=O) groups is 3. The number of nitrogens with one attached hydrogen (secondary N) is 1. The van der Waals surface area contributed by atoms with E-state index in [0.29, 0.717) is 12.2 Å². The molecule has 0 radical (unpaired) electrons. The third-order valence-electron chi connectivity index (χ3n) is 1.54. The van der Waals surface area contributed by atoms with Crippen LogP contribution in [0.5, 0.6) is 0 Å². The number of carbonyl (C=O) groups excluding carboxylic acids is 3. The minimum absolute atomic E-state index is 0. The van der Waals surface area contributed by atoms with Gasteiger partial charge >= 0.3 is 88.7 Å². The molecule has 0 heterocycles. The second-order valence-electron chi connectivity index (χ2n) is 4.25. The molecular weight excluding hydrogens is 375 g/mol. The molecule has 0 aromatic carbocycles. The minimum Gasteiger partial charge on any atom is -0.748 e. The van der Waals surface area contributed by atoms with Gasteiger partial charge in [0.05, 0.1) is 27.8 Å². The van der Waals surface area contributed by atoms with Gasteiger partial charge in [0.1, 0.15) is 0 Å². The molecule has 0 atom stereocenters. The van der Waals surface area contributed by atoms with E-state index in [9.17, 15) is 37.6 Å². The van der Waals surface area contributed by atoms with Gasteiger partial charge < -0.3 is 29.7 Å². The zero-order chi connectivity index (χ0) is 17.3.